The Balaban J connectivity index is 1.61. The highest BCUT2D eigenvalue weighted by molar-refractivity contribution is 5.28. The zero-order valence-electron chi connectivity index (χ0n) is 17.5. The smallest absolute Gasteiger partial charge is 0.119 e. The molecule has 1 heterocycles. The lowest BCUT2D eigenvalue weighted by Crippen LogP contribution is -2.46. The summed E-state index contributed by atoms with van der Waals surface area (Å²) in [6.07, 6.45) is 10.4. The molecule has 27 heavy (non-hydrogen) atoms. The predicted molar refractivity (Wildman–Crippen MR) is 115 cm³/mol. The third-order valence-electron chi connectivity index (χ3n) is 5.46. The second-order valence-electron chi connectivity index (χ2n) is 7.88. The molecule has 0 atom stereocenters. The van der Waals surface area contributed by atoms with Crippen LogP contribution in [0.2, 0.25) is 0 Å². The minimum atomic E-state index is 0.797. The van der Waals surface area contributed by atoms with Crippen molar-refractivity contribution in [2.75, 3.05) is 45.9 Å². The zero-order valence-corrected chi connectivity index (χ0v) is 17.5. The highest BCUT2D eigenvalue weighted by Crippen LogP contribution is 2.17. The van der Waals surface area contributed by atoms with Gasteiger partial charge in [-0.15, -0.1) is 0 Å². The van der Waals surface area contributed by atoms with Gasteiger partial charge >= 0.3 is 0 Å². The van der Waals surface area contributed by atoms with E-state index in [2.05, 4.69) is 41.0 Å². The maximum atomic E-state index is 5.99. The molecule has 0 aliphatic carbocycles. The largest absolute Gasteiger partial charge is 0.494 e. The van der Waals surface area contributed by atoms with Gasteiger partial charge in [-0.3, -0.25) is 4.90 Å². The van der Waals surface area contributed by atoms with Crippen LogP contribution in [0.25, 0.3) is 0 Å². The molecule has 0 radical (unpaired) electrons. The molecular formula is C23H41N3O. The highest BCUT2D eigenvalue weighted by Gasteiger charge is 2.16. The number of hydrogen-bond donors (Lipinski definition) is 1. The van der Waals surface area contributed by atoms with Crippen LogP contribution < -0.4 is 10.5 Å². The monoisotopic (exact) mass is 375 g/mol. The van der Waals surface area contributed by atoms with Crippen LogP contribution in [-0.4, -0.2) is 55.7 Å². The van der Waals surface area contributed by atoms with Gasteiger partial charge in [0.2, 0.25) is 0 Å². The number of piperazine rings is 1. The van der Waals surface area contributed by atoms with Crippen molar-refractivity contribution in [2.45, 2.75) is 64.8 Å². The fraction of sp³-hybridized carbons (Fsp3) is 0.739. The van der Waals surface area contributed by atoms with E-state index in [1.807, 2.05) is 0 Å². The zero-order chi connectivity index (χ0) is 19.2. The van der Waals surface area contributed by atoms with Crippen molar-refractivity contribution >= 4 is 0 Å². The number of rotatable bonds is 14. The van der Waals surface area contributed by atoms with E-state index in [0.29, 0.717) is 0 Å². The maximum Gasteiger partial charge on any atom is 0.119 e. The number of benzene rings is 1. The van der Waals surface area contributed by atoms with Crippen LogP contribution in [0.1, 0.15) is 63.9 Å². The summed E-state index contributed by atoms with van der Waals surface area (Å²) >= 11 is 0. The summed E-state index contributed by atoms with van der Waals surface area (Å²) in [6.45, 7) is 10.7. The summed E-state index contributed by atoms with van der Waals surface area (Å²) in [4.78, 5) is 5.08. The van der Waals surface area contributed by atoms with Crippen molar-refractivity contribution in [1.82, 2.24) is 9.80 Å². The summed E-state index contributed by atoms with van der Waals surface area (Å²) in [5.74, 6) is 1.03. The highest BCUT2D eigenvalue weighted by atomic mass is 16.5. The van der Waals surface area contributed by atoms with Crippen molar-refractivity contribution in [3.63, 3.8) is 0 Å². The first kappa shape index (κ1) is 22.2. The summed E-state index contributed by atoms with van der Waals surface area (Å²) in [5.41, 5.74) is 6.98. The molecule has 0 saturated carbocycles. The van der Waals surface area contributed by atoms with Crippen LogP contribution in [-0.2, 0) is 6.54 Å². The second-order valence-corrected chi connectivity index (χ2v) is 7.88. The molecule has 4 heteroatoms. The third-order valence-corrected chi connectivity index (χ3v) is 5.46. The normalized spacial score (nSPS) is 15.9. The molecule has 0 bridgehead atoms. The van der Waals surface area contributed by atoms with Gasteiger partial charge in [0.1, 0.15) is 5.75 Å². The minimum Gasteiger partial charge on any atom is -0.494 e. The lowest BCUT2D eigenvalue weighted by atomic mass is 10.1. The Morgan fingerprint density at radius 3 is 2.33 bits per heavy atom. The Morgan fingerprint density at radius 1 is 0.889 bits per heavy atom. The van der Waals surface area contributed by atoms with Crippen molar-refractivity contribution in [1.29, 1.82) is 0 Å². The van der Waals surface area contributed by atoms with E-state index in [1.165, 1.54) is 50.5 Å². The standard InChI is InChI=1S/C23H41N3O/c1-2-3-4-5-6-7-8-19-27-23-12-9-11-22(20-23)21-26-17-15-25(16-18-26)14-10-13-24/h9,11-12,20H,2-8,10,13-19,21,24H2,1H3. The maximum absolute atomic E-state index is 5.99. The lowest BCUT2D eigenvalue weighted by Gasteiger charge is -2.34. The van der Waals surface area contributed by atoms with Crippen LogP contribution in [0.3, 0.4) is 0 Å². The van der Waals surface area contributed by atoms with Crippen LogP contribution in [0, 0.1) is 0 Å². The Bertz CT molecular complexity index is 486. The molecule has 2 rings (SSSR count). The molecule has 4 nitrogen and oxygen atoms in total. The molecule has 1 aliphatic rings. The van der Waals surface area contributed by atoms with Gasteiger partial charge in [-0.05, 0) is 43.6 Å². The fourth-order valence-corrected chi connectivity index (χ4v) is 3.73. The fourth-order valence-electron chi connectivity index (χ4n) is 3.73. The Kier molecular flexibility index (Phi) is 11.5. The first-order chi connectivity index (χ1) is 13.3. The molecule has 0 unspecified atom stereocenters. The van der Waals surface area contributed by atoms with Crippen molar-refractivity contribution in [2.24, 2.45) is 5.73 Å². The molecule has 1 aliphatic heterocycles. The van der Waals surface area contributed by atoms with Gasteiger partial charge in [-0.2, -0.15) is 0 Å². The van der Waals surface area contributed by atoms with Gasteiger partial charge in [-0.25, -0.2) is 0 Å². The van der Waals surface area contributed by atoms with E-state index in [-0.39, 0.29) is 0 Å². The number of unbranched alkanes of at least 4 members (excludes halogenated alkanes) is 6. The van der Waals surface area contributed by atoms with Gasteiger partial charge in [0.25, 0.3) is 0 Å². The molecule has 1 saturated heterocycles. The van der Waals surface area contributed by atoms with Crippen molar-refractivity contribution in [3.05, 3.63) is 29.8 Å². The summed E-state index contributed by atoms with van der Waals surface area (Å²) in [6, 6.07) is 8.67. The first-order valence-corrected chi connectivity index (χ1v) is 11.2. The second kappa shape index (κ2) is 14.0. The molecule has 1 fully saturated rings. The van der Waals surface area contributed by atoms with Gasteiger partial charge in [0, 0.05) is 32.7 Å². The molecule has 2 N–H and O–H groups in total. The molecule has 0 amide bonds. The van der Waals surface area contributed by atoms with E-state index in [4.69, 9.17) is 10.5 Å². The molecular weight excluding hydrogens is 334 g/mol. The number of nitrogens with two attached hydrogens (primary N) is 1. The molecule has 1 aromatic rings. The van der Waals surface area contributed by atoms with E-state index >= 15 is 0 Å². The van der Waals surface area contributed by atoms with E-state index < -0.39 is 0 Å². The van der Waals surface area contributed by atoms with E-state index in [0.717, 1.165) is 64.6 Å². The molecule has 0 spiro atoms. The van der Waals surface area contributed by atoms with Crippen LogP contribution in [0.5, 0.6) is 5.75 Å². The summed E-state index contributed by atoms with van der Waals surface area (Å²) in [7, 11) is 0. The van der Waals surface area contributed by atoms with Crippen LogP contribution in [0.4, 0.5) is 0 Å². The van der Waals surface area contributed by atoms with Crippen LogP contribution in [0.15, 0.2) is 24.3 Å². The number of nitrogens with zero attached hydrogens (tertiary/aromatic N) is 2. The van der Waals surface area contributed by atoms with Crippen LogP contribution >= 0.6 is 0 Å². The van der Waals surface area contributed by atoms with Gasteiger partial charge in [-0.1, -0.05) is 57.6 Å². The molecule has 0 aromatic heterocycles. The Morgan fingerprint density at radius 2 is 1.59 bits per heavy atom. The van der Waals surface area contributed by atoms with Gasteiger partial charge < -0.3 is 15.4 Å². The minimum absolute atomic E-state index is 0.797. The van der Waals surface area contributed by atoms with E-state index in [1.54, 1.807) is 0 Å². The van der Waals surface area contributed by atoms with Gasteiger partial charge in [0.05, 0.1) is 6.61 Å². The van der Waals surface area contributed by atoms with Crippen molar-refractivity contribution in [3.8, 4) is 5.75 Å². The Labute approximate surface area is 167 Å². The van der Waals surface area contributed by atoms with Crippen molar-refractivity contribution < 1.29 is 4.74 Å². The summed E-state index contributed by atoms with van der Waals surface area (Å²) in [5, 5.41) is 0. The number of hydrogen-bond acceptors (Lipinski definition) is 4. The topological polar surface area (TPSA) is 41.7 Å². The average molecular weight is 376 g/mol. The van der Waals surface area contributed by atoms with Gasteiger partial charge in [0.15, 0.2) is 0 Å². The summed E-state index contributed by atoms with van der Waals surface area (Å²) < 4.78 is 5.99. The SMILES string of the molecule is CCCCCCCCCOc1cccc(CN2CCN(CCCN)CC2)c1. The third kappa shape index (κ3) is 9.59. The molecule has 154 valence electrons. The molecule has 1 aromatic carbocycles. The Hall–Kier alpha value is -1.10. The number of ether oxygens (including phenoxy) is 1. The average Bonchev–Trinajstić information content (AvgIpc) is 2.70. The first-order valence-electron chi connectivity index (χ1n) is 11.2. The lowest BCUT2D eigenvalue weighted by molar-refractivity contribution is 0.126. The predicted octanol–water partition coefficient (Wildman–Crippen LogP) is 4.28. The quantitative estimate of drug-likeness (QED) is 0.493. The van der Waals surface area contributed by atoms with E-state index in [9.17, 15) is 0 Å².